The second kappa shape index (κ2) is 6.29. The van der Waals surface area contributed by atoms with E-state index in [1.807, 2.05) is 43.3 Å². The number of anilines is 2. The van der Waals surface area contributed by atoms with E-state index < -0.39 is 4.92 Å². The first kappa shape index (κ1) is 15.8. The smallest absolute Gasteiger partial charge is 0.270 e. The van der Waals surface area contributed by atoms with Crippen molar-refractivity contribution in [3.05, 3.63) is 76.6 Å². The van der Waals surface area contributed by atoms with Crippen molar-refractivity contribution in [2.24, 2.45) is 0 Å². The summed E-state index contributed by atoms with van der Waals surface area (Å²) in [5.74, 6) is 0.675. The van der Waals surface area contributed by atoms with Gasteiger partial charge in [-0.25, -0.2) is 9.97 Å². The van der Waals surface area contributed by atoms with Gasteiger partial charge in [-0.15, -0.1) is 0 Å². The summed E-state index contributed by atoms with van der Waals surface area (Å²) >= 11 is 0. The Hall–Kier alpha value is -3.74. The number of hydrogen-bond donors (Lipinski definition) is 2. The average molecular weight is 345 g/mol. The third-order valence-corrected chi connectivity index (χ3v) is 4.07. The zero-order valence-electron chi connectivity index (χ0n) is 13.9. The summed E-state index contributed by atoms with van der Waals surface area (Å²) < 4.78 is 0. The number of H-pyrrole nitrogens is 1. The number of aromatic amines is 1. The molecule has 0 unspecified atom stereocenters. The SMILES string of the molecule is Cc1cccc(Nc2ncnc3[nH]c(-c4cccc([N+](=O)[O-])c4)cc23)c1. The Morgan fingerprint density at radius 2 is 1.92 bits per heavy atom. The molecule has 0 amide bonds. The molecule has 4 aromatic rings. The van der Waals surface area contributed by atoms with Gasteiger partial charge in [-0.1, -0.05) is 24.3 Å². The molecule has 7 heteroatoms. The van der Waals surface area contributed by atoms with Crippen LogP contribution >= 0.6 is 0 Å². The number of aromatic nitrogens is 3. The number of nitrogens with zero attached hydrogens (tertiary/aromatic N) is 3. The molecule has 0 aliphatic carbocycles. The van der Waals surface area contributed by atoms with Gasteiger partial charge in [0, 0.05) is 29.1 Å². The van der Waals surface area contributed by atoms with Crippen LogP contribution in [-0.2, 0) is 0 Å². The Kier molecular flexibility index (Phi) is 3.81. The van der Waals surface area contributed by atoms with Crippen LogP contribution in [0.2, 0.25) is 0 Å². The molecule has 0 aliphatic heterocycles. The summed E-state index contributed by atoms with van der Waals surface area (Å²) in [6.45, 7) is 2.03. The second-order valence-corrected chi connectivity index (χ2v) is 5.97. The van der Waals surface area contributed by atoms with E-state index in [0.29, 0.717) is 11.5 Å². The Bertz CT molecular complexity index is 1120. The van der Waals surface area contributed by atoms with E-state index in [9.17, 15) is 10.1 Å². The van der Waals surface area contributed by atoms with Crippen molar-refractivity contribution in [1.29, 1.82) is 0 Å². The molecule has 0 atom stereocenters. The number of non-ortho nitro benzene ring substituents is 1. The zero-order chi connectivity index (χ0) is 18.1. The van der Waals surface area contributed by atoms with Crippen molar-refractivity contribution in [2.45, 2.75) is 6.92 Å². The summed E-state index contributed by atoms with van der Waals surface area (Å²) in [7, 11) is 0. The standard InChI is InChI=1S/C19H15N5O2/c1-12-4-2-6-14(8-12)22-18-16-10-17(23-19(16)21-11-20-18)13-5-3-7-15(9-13)24(25)26/h2-11H,1H3,(H2,20,21,22,23). The van der Waals surface area contributed by atoms with Crippen LogP contribution in [0.4, 0.5) is 17.2 Å². The van der Waals surface area contributed by atoms with Crippen LogP contribution in [0.15, 0.2) is 60.9 Å². The maximum atomic E-state index is 11.0. The van der Waals surface area contributed by atoms with Gasteiger partial charge in [0.1, 0.15) is 17.8 Å². The minimum absolute atomic E-state index is 0.0466. The number of nitro groups is 1. The first-order chi connectivity index (χ1) is 12.6. The maximum Gasteiger partial charge on any atom is 0.270 e. The minimum atomic E-state index is -0.406. The highest BCUT2D eigenvalue weighted by Gasteiger charge is 2.12. The number of nitro benzene ring substituents is 1. The van der Waals surface area contributed by atoms with Crippen LogP contribution < -0.4 is 5.32 Å². The number of fused-ring (bicyclic) bond motifs is 1. The molecular weight excluding hydrogens is 330 g/mol. The molecule has 2 aromatic carbocycles. The number of nitrogens with one attached hydrogen (secondary N) is 2. The molecule has 2 N–H and O–H groups in total. The molecule has 0 radical (unpaired) electrons. The fourth-order valence-corrected chi connectivity index (χ4v) is 2.84. The van der Waals surface area contributed by atoms with Crippen molar-refractivity contribution >= 4 is 28.2 Å². The predicted octanol–water partition coefficient (Wildman–Crippen LogP) is 4.59. The molecule has 2 heterocycles. The number of rotatable bonds is 4. The molecule has 0 bridgehead atoms. The van der Waals surface area contributed by atoms with Gasteiger partial charge in [-0.3, -0.25) is 10.1 Å². The van der Waals surface area contributed by atoms with E-state index in [4.69, 9.17) is 0 Å². The van der Waals surface area contributed by atoms with Crippen LogP contribution in [0.25, 0.3) is 22.3 Å². The van der Waals surface area contributed by atoms with E-state index >= 15 is 0 Å². The van der Waals surface area contributed by atoms with E-state index in [2.05, 4.69) is 20.3 Å². The third kappa shape index (κ3) is 2.98. The summed E-state index contributed by atoms with van der Waals surface area (Å²) in [5.41, 5.74) is 4.26. The average Bonchev–Trinajstić information content (AvgIpc) is 3.07. The van der Waals surface area contributed by atoms with Crippen LogP contribution in [0.3, 0.4) is 0 Å². The fourth-order valence-electron chi connectivity index (χ4n) is 2.84. The van der Waals surface area contributed by atoms with Gasteiger partial charge in [-0.2, -0.15) is 0 Å². The van der Waals surface area contributed by atoms with E-state index in [0.717, 1.165) is 27.9 Å². The predicted molar refractivity (Wildman–Crippen MR) is 100 cm³/mol. The van der Waals surface area contributed by atoms with Gasteiger partial charge < -0.3 is 10.3 Å². The lowest BCUT2D eigenvalue weighted by molar-refractivity contribution is -0.384. The quantitative estimate of drug-likeness (QED) is 0.417. The summed E-state index contributed by atoms with van der Waals surface area (Å²) in [4.78, 5) is 22.4. The largest absolute Gasteiger partial charge is 0.340 e. The topological polar surface area (TPSA) is 96.7 Å². The van der Waals surface area contributed by atoms with Crippen molar-refractivity contribution in [3.8, 4) is 11.3 Å². The van der Waals surface area contributed by atoms with Gasteiger partial charge in [0.25, 0.3) is 5.69 Å². The highest BCUT2D eigenvalue weighted by molar-refractivity contribution is 5.93. The fraction of sp³-hybridized carbons (Fsp3) is 0.0526. The number of benzene rings is 2. The molecule has 7 nitrogen and oxygen atoms in total. The molecular formula is C19H15N5O2. The Morgan fingerprint density at radius 1 is 1.08 bits per heavy atom. The van der Waals surface area contributed by atoms with Crippen molar-refractivity contribution < 1.29 is 4.92 Å². The lowest BCUT2D eigenvalue weighted by Crippen LogP contribution is -1.95. The highest BCUT2D eigenvalue weighted by atomic mass is 16.6. The van der Waals surface area contributed by atoms with Crippen LogP contribution in [0.5, 0.6) is 0 Å². The molecule has 0 spiro atoms. The molecule has 0 saturated heterocycles. The van der Waals surface area contributed by atoms with Crippen molar-refractivity contribution in [1.82, 2.24) is 15.0 Å². The highest BCUT2D eigenvalue weighted by Crippen LogP contribution is 2.30. The normalized spacial score (nSPS) is 10.8. The van der Waals surface area contributed by atoms with E-state index in [1.165, 1.54) is 18.5 Å². The van der Waals surface area contributed by atoms with Gasteiger partial charge in [-0.05, 0) is 30.7 Å². The van der Waals surface area contributed by atoms with Gasteiger partial charge in [0.2, 0.25) is 0 Å². The molecule has 4 rings (SSSR count). The minimum Gasteiger partial charge on any atom is -0.340 e. The lowest BCUT2D eigenvalue weighted by Gasteiger charge is -2.06. The van der Waals surface area contributed by atoms with Crippen LogP contribution in [-0.4, -0.2) is 19.9 Å². The maximum absolute atomic E-state index is 11.0. The first-order valence-electron chi connectivity index (χ1n) is 8.02. The number of hydrogen-bond acceptors (Lipinski definition) is 5. The molecule has 26 heavy (non-hydrogen) atoms. The van der Waals surface area contributed by atoms with Gasteiger partial charge in [0.15, 0.2) is 0 Å². The first-order valence-corrected chi connectivity index (χ1v) is 8.02. The van der Waals surface area contributed by atoms with Crippen LogP contribution in [0, 0.1) is 17.0 Å². The molecule has 0 fully saturated rings. The van der Waals surface area contributed by atoms with Crippen molar-refractivity contribution in [3.63, 3.8) is 0 Å². The molecule has 128 valence electrons. The summed E-state index contributed by atoms with van der Waals surface area (Å²) in [6, 6.07) is 16.4. The van der Waals surface area contributed by atoms with E-state index in [-0.39, 0.29) is 5.69 Å². The Balaban J connectivity index is 1.76. The van der Waals surface area contributed by atoms with Crippen LogP contribution in [0.1, 0.15) is 5.56 Å². The van der Waals surface area contributed by atoms with Gasteiger partial charge in [0.05, 0.1) is 10.3 Å². The third-order valence-electron chi connectivity index (χ3n) is 4.07. The monoisotopic (exact) mass is 345 g/mol. The molecule has 0 aliphatic rings. The molecule has 0 saturated carbocycles. The second-order valence-electron chi connectivity index (χ2n) is 5.97. The summed E-state index contributed by atoms with van der Waals surface area (Å²) in [5, 5.41) is 15.1. The lowest BCUT2D eigenvalue weighted by atomic mass is 10.1. The zero-order valence-corrected chi connectivity index (χ0v) is 13.9. The van der Waals surface area contributed by atoms with Gasteiger partial charge >= 0.3 is 0 Å². The Morgan fingerprint density at radius 3 is 2.73 bits per heavy atom. The van der Waals surface area contributed by atoms with Crippen molar-refractivity contribution in [2.75, 3.05) is 5.32 Å². The Labute approximate surface area is 148 Å². The van der Waals surface area contributed by atoms with E-state index in [1.54, 1.807) is 6.07 Å². The molecule has 2 aromatic heterocycles. The summed E-state index contributed by atoms with van der Waals surface area (Å²) in [6.07, 6.45) is 1.48. The number of aryl methyl sites for hydroxylation is 1.